The monoisotopic (exact) mass is 224 g/mol. The molecule has 0 radical (unpaired) electrons. The molecule has 6 nitrogen and oxygen atoms in total. The van der Waals surface area contributed by atoms with E-state index in [1.54, 1.807) is 0 Å². The average molecular weight is 224 g/mol. The maximum Gasteiger partial charge on any atom is 0.305 e. The highest BCUT2D eigenvalue weighted by molar-refractivity contribution is 5.31. The lowest BCUT2D eigenvalue weighted by molar-refractivity contribution is -0.385. The molecule has 0 aromatic carbocycles. The second-order valence-corrected chi connectivity index (χ2v) is 3.71. The third kappa shape index (κ3) is 3.80. The minimum Gasteiger partial charge on any atom is -0.352 e. The van der Waals surface area contributed by atoms with Crippen molar-refractivity contribution in [2.45, 2.75) is 39.2 Å². The Balaban J connectivity index is 2.51. The molecule has 88 valence electrons. The van der Waals surface area contributed by atoms with E-state index in [1.165, 1.54) is 12.4 Å². The van der Waals surface area contributed by atoms with E-state index in [9.17, 15) is 10.1 Å². The van der Waals surface area contributed by atoms with Gasteiger partial charge in [-0.1, -0.05) is 19.8 Å². The Labute approximate surface area is 94.3 Å². The molecule has 0 bridgehead atoms. The van der Waals surface area contributed by atoms with Gasteiger partial charge in [0.1, 0.15) is 12.4 Å². The van der Waals surface area contributed by atoms with E-state index in [2.05, 4.69) is 22.2 Å². The van der Waals surface area contributed by atoms with E-state index < -0.39 is 4.92 Å². The first-order valence-electron chi connectivity index (χ1n) is 5.36. The maximum absolute atomic E-state index is 10.4. The number of hydrogen-bond acceptors (Lipinski definition) is 5. The molecule has 1 unspecified atom stereocenters. The molecule has 1 aromatic rings. The van der Waals surface area contributed by atoms with E-state index >= 15 is 0 Å². The number of rotatable bonds is 6. The maximum atomic E-state index is 10.4. The SMILES string of the molecule is CCCCC(C)Nc1ncc([N+](=O)[O-])cn1. The van der Waals surface area contributed by atoms with Crippen LogP contribution in [0.2, 0.25) is 0 Å². The largest absolute Gasteiger partial charge is 0.352 e. The van der Waals surface area contributed by atoms with Crippen LogP contribution >= 0.6 is 0 Å². The Kier molecular flexibility index (Phi) is 4.63. The zero-order chi connectivity index (χ0) is 12.0. The van der Waals surface area contributed by atoms with Crippen LogP contribution in [0.25, 0.3) is 0 Å². The molecule has 1 aromatic heterocycles. The molecular formula is C10H16N4O2. The summed E-state index contributed by atoms with van der Waals surface area (Å²) in [4.78, 5) is 17.6. The Morgan fingerprint density at radius 3 is 2.62 bits per heavy atom. The molecule has 0 aliphatic carbocycles. The van der Waals surface area contributed by atoms with Crippen molar-refractivity contribution >= 4 is 11.6 Å². The fourth-order valence-electron chi connectivity index (χ4n) is 1.29. The lowest BCUT2D eigenvalue weighted by atomic mass is 10.1. The zero-order valence-electron chi connectivity index (χ0n) is 9.51. The number of unbranched alkanes of at least 4 members (excludes halogenated alkanes) is 1. The molecule has 1 atom stereocenters. The van der Waals surface area contributed by atoms with Crippen molar-refractivity contribution in [2.24, 2.45) is 0 Å². The molecule has 0 aliphatic rings. The summed E-state index contributed by atoms with van der Waals surface area (Å²) < 4.78 is 0. The van der Waals surface area contributed by atoms with Crippen LogP contribution in [0.3, 0.4) is 0 Å². The topological polar surface area (TPSA) is 81.0 Å². The van der Waals surface area contributed by atoms with E-state index in [4.69, 9.17) is 0 Å². The van der Waals surface area contributed by atoms with Crippen molar-refractivity contribution in [3.05, 3.63) is 22.5 Å². The highest BCUT2D eigenvalue weighted by atomic mass is 16.6. The summed E-state index contributed by atoms with van der Waals surface area (Å²) in [6, 6.07) is 0.279. The summed E-state index contributed by atoms with van der Waals surface area (Å²) in [6.07, 6.45) is 5.74. The molecular weight excluding hydrogens is 208 g/mol. The van der Waals surface area contributed by atoms with Gasteiger partial charge in [0.25, 0.3) is 0 Å². The zero-order valence-corrected chi connectivity index (χ0v) is 9.51. The van der Waals surface area contributed by atoms with Gasteiger partial charge in [-0.2, -0.15) is 0 Å². The summed E-state index contributed by atoms with van der Waals surface area (Å²) in [5.74, 6) is 0.439. The third-order valence-electron chi connectivity index (χ3n) is 2.22. The van der Waals surface area contributed by atoms with Gasteiger partial charge in [0.2, 0.25) is 5.95 Å². The molecule has 0 spiro atoms. The minimum atomic E-state index is -0.510. The fourth-order valence-corrected chi connectivity index (χ4v) is 1.29. The van der Waals surface area contributed by atoms with Crippen molar-refractivity contribution in [3.8, 4) is 0 Å². The van der Waals surface area contributed by atoms with E-state index in [1.807, 2.05) is 6.92 Å². The van der Waals surface area contributed by atoms with Gasteiger partial charge >= 0.3 is 5.69 Å². The normalized spacial score (nSPS) is 12.1. The Hall–Kier alpha value is -1.72. The second kappa shape index (κ2) is 5.99. The standard InChI is InChI=1S/C10H16N4O2/c1-3-4-5-8(2)13-10-11-6-9(7-12-10)14(15)16/h6-8H,3-5H2,1-2H3,(H,11,12,13). The lowest BCUT2D eigenvalue weighted by Gasteiger charge is -2.12. The molecule has 0 amide bonds. The van der Waals surface area contributed by atoms with E-state index in [-0.39, 0.29) is 11.7 Å². The number of nitro groups is 1. The van der Waals surface area contributed by atoms with Crippen molar-refractivity contribution in [2.75, 3.05) is 5.32 Å². The van der Waals surface area contributed by atoms with E-state index in [0.29, 0.717) is 5.95 Å². The summed E-state index contributed by atoms with van der Waals surface area (Å²) in [5.41, 5.74) is -0.0910. The van der Waals surface area contributed by atoms with Gasteiger partial charge in [0, 0.05) is 6.04 Å². The number of anilines is 1. The summed E-state index contributed by atoms with van der Waals surface area (Å²) in [6.45, 7) is 4.18. The highest BCUT2D eigenvalue weighted by Crippen LogP contribution is 2.10. The van der Waals surface area contributed by atoms with Crippen LogP contribution in [-0.2, 0) is 0 Å². The third-order valence-corrected chi connectivity index (χ3v) is 2.22. The Morgan fingerprint density at radius 2 is 2.12 bits per heavy atom. The van der Waals surface area contributed by atoms with Crippen molar-refractivity contribution in [1.29, 1.82) is 0 Å². The Morgan fingerprint density at radius 1 is 1.50 bits per heavy atom. The number of nitrogens with one attached hydrogen (secondary N) is 1. The predicted octanol–water partition coefficient (Wildman–Crippen LogP) is 2.38. The molecule has 16 heavy (non-hydrogen) atoms. The van der Waals surface area contributed by atoms with Crippen LogP contribution in [-0.4, -0.2) is 20.9 Å². The van der Waals surface area contributed by atoms with Crippen molar-refractivity contribution in [3.63, 3.8) is 0 Å². The molecule has 1 heterocycles. The molecule has 1 N–H and O–H groups in total. The molecule has 0 aliphatic heterocycles. The smallest absolute Gasteiger partial charge is 0.305 e. The minimum absolute atomic E-state index is 0.0910. The van der Waals surface area contributed by atoms with Gasteiger partial charge in [0.05, 0.1) is 4.92 Å². The summed E-state index contributed by atoms with van der Waals surface area (Å²) in [7, 11) is 0. The van der Waals surface area contributed by atoms with Crippen molar-refractivity contribution < 1.29 is 4.92 Å². The number of nitrogens with zero attached hydrogens (tertiary/aromatic N) is 3. The number of hydrogen-bond donors (Lipinski definition) is 1. The first kappa shape index (κ1) is 12.4. The molecule has 6 heteroatoms. The van der Waals surface area contributed by atoms with Crippen LogP contribution in [0.4, 0.5) is 11.6 Å². The number of aromatic nitrogens is 2. The molecule has 1 rings (SSSR count). The predicted molar refractivity (Wildman–Crippen MR) is 61.3 cm³/mol. The molecule has 0 saturated carbocycles. The fraction of sp³-hybridized carbons (Fsp3) is 0.600. The average Bonchev–Trinajstić information content (AvgIpc) is 2.27. The molecule has 0 saturated heterocycles. The quantitative estimate of drug-likeness (QED) is 0.592. The van der Waals surface area contributed by atoms with Gasteiger partial charge in [-0.3, -0.25) is 10.1 Å². The first-order valence-corrected chi connectivity index (χ1v) is 5.36. The van der Waals surface area contributed by atoms with Crippen LogP contribution in [0.5, 0.6) is 0 Å². The van der Waals surface area contributed by atoms with E-state index in [0.717, 1.165) is 19.3 Å². The summed E-state index contributed by atoms with van der Waals surface area (Å²) >= 11 is 0. The lowest BCUT2D eigenvalue weighted by Crippen LogP contribution is -2.16. The van der Waals surface area contributed by atoms with Gasteiger partial charge < -0.3 is 5.32 Å². The van der Waals surface area contributed by atoms with Crippen LogP contribution in [0.1, 0.15) is 33.1 Å². The first-order chi connectivity index (χ1) is 7.63. The van der Waals surface area contributed by atoms with Gasteiger partial charge in [-0.15, -0.1) is 0 Å². The second-order valence-electron chi connectivity index (χ2n) is 3.71. The van der Waals surface area contributed by atoms with Gasteiger partial charge in [-0.25, -0.2) is 9.97 Å². The van der Waals surface area contributed by atoms with Crippen molar-refractivity contribution in [1.82, 2.24) is 9.97 Å². The van der Waals surface area contributed by atoms with Crippen LogP contribution < -0.4 is 5.32 Å². The van der Waals surface area contributed by atoms with Gasteiger partial charge in [0.15, 0.2) is 0 Å². The van der Waals surface area contributed by atoms with Crippen LogP contribution in [0.15, 0.2) is 12.4 Å². The summed E-state index contributed by atoms with van der Waals surface area (Å²) in [5, 5.41) is 13.5. The highest BCUT2D eigenvalue weighted by Gasteiger charge is 2.08. The molecule has 0 fully saturated rings. The van der Waals surface area contributed by atoms with Crippen LogP contribution in [0, 0.1) is 10.1 Å². The Bertz CT molecular complexity index is 339. The van der Waals surface area contributed by atoms with Gasteiger partial charge in [-0.05, 0) is 13.3 Å².